The number of ketones is 1. The van der Waals surface area contributed by atoms with Gasteiger partial charge in [0.15, 0.2) is 11.5 Å². The van der Waals surface area contributed by atoms with Gasteiger partial charge in [0.1, 0.15) is 5.69 Å². The van der Waals surface area contributed by atoms with Gasteiger partial charge in [-0.05, 0) is 35.9 Å². The predicted molar refractivity (Wildman–Crippen MR) is 87.7 cm³/mol. The molecule has 6 nitrogen and oxygen atoms in total. The summed E-state index contributed by atoms with van der Waals surface area (Å²) in [7, 11) is 6.27. The molecule has 0 aliphatic carbocycles. The number of ether oxygens (including phenoxy) is 3. The number of hydrogen-bond donors (Lipinski definition) is 0. The highest BCUT2D eigenvalue weighted by Gasteiger charge is 2.15. The fourth-order valence-corrected chi connectivity index (χ4v) is 2.26. The van der Waals surface area contributed by atoms with Gasteiger partial charge in [0.05, 0.1) is 27.5 Å². The van der Waals surface area contributed by atoms with Crippen LogP contribution in [0.1, 0.15) is 16.1 Å². The van der Waals surface area contributed by atoms with E-state index in [1.807, 2.05) is 0 Å². The third-order valence-corrected chi connectivity index (χ3v) is 3.68. The summed E-state index contributed by atoms with van der Waals surface area (Å²) in [4.78, 5) is 16.1. The minimum absolute atomic E-state index is 0.219. The highest BCUT2D eigenvalue weighted by molar-refractivity contribution is 6.28. The van der Waals surface area contributed by atoms with Crippen molar-refractivity contribution in [1.82, 2.24) is 9.55 Å². The van der Waals surface area contributed by atoms with Gasteiger partial charge in [0.2, 0.25) is 16.8 Å². The molecule has 0 fully saturated rings. The Morgan fingerprint density at radius 2 is 1.87 bits per heavy atom. The summed E-state index contributed by atoms with van der Waals surface area (Å²) in [5.41, 5.74) is 1.08. The molecular formula is C16H17ClN2O4. The summed E-state index contributed by atoms with van der Waals surface area (Å²) in [5, 5.41) is 0.255. The first kappa shape index (κ1) is 16.9. The first-order valence-electron chi connectivity index (χ1n) is 6.72. The number of carbonyl (C=O) groups is 1. The molecule has 1 aromatic heterocycles. The fraction of sp³-hybridized carbons (Fsp3) is 0.250. The summed E-state index contributed by atoms with van der Waals surface area (Å²) >= 11 is 5.84. The van der Waals surface area contributed by atoms with Crippen molar-refractivity contribution in [3.05, 3.63) is 40.9 Å². The van der Waals surface area contributed by atoms with Gasteiger partial charge in [0, 0.05) is 12.6 Å². The van der Waals surface area contributed by atoms with Crippen molar-refractivity contribution in [3.63, 3.8) is 0 Å². The molecule has 0 amide bonds. The molecule has 122 valence electrons. The Kier molecular flexibility index (Phi) is 5.28. The van der Waals surface area contributed by atoms with E-state index in [4.69, 9.17) is 25.8 Å². The Labute approximate surface area is 139 Å². The Bertz CT molecular complexity index is 753. The Hall–Kier alpha value is -2.47. The van der Waals surface area contributed by atoms with E-state index in [9.17, 15) is 4.79 Å². The van der Waals surface area contributed by atoms with Crippen molar-refractivity contribution >= 4 is 23.5 Å². The maximum Gasteiger partial charge on any atom is 0.203 e. The number of benzene rings is 1. The van der Waals surface area contributed by atoms with Crippen LogP contribution in [0.4, 0.5) is 0 Å². The Morgan fingerprint density at radius 3 is 2.39 bits per heavy atom. The Balaban J connectivity index is 2.36. The lowest BCUT2D eigenvalue weighted by Gasteiger charge is -2.13. The van der Waals surface area contributed by atoms with Crippen molar-refractivity contribution in [2.24, 2.45) is 7.05 Å². The van der Waals surface area contributed by atoms with Crippen LogP contribution in [0.2, 0.25) is 5.28 Å². The van der Waals surface area contributed by atoms with Gasteiger partial charge in [-0.15, -0.1) is 0 Å². The molecule has 0 atom stereocenters. The van der Waals surface area contributed by atoms with E-state index in [0.717, 1.165) is 0 Å². The number of nitrogens with zero attached hydrogens (tertiary/aromatic N) is 2. The van der Waals surface area contributed by atoms with Crippen molar-refractivity contribution in [2.45, 2.75) is 0 Å². The van der Waals surface area contributed by atoms with Crippen LogP contribution in [0.15, 0.2) is 24.4 Å². The number of halogens is 1. The molecular weight excluding hydrogens is 320 g/mol. The van der Waals surface area contributed by atoms with E-state index < -0.39 is 0 Å². The maximum atomic E-state index is 12.2. The number of rotatable bonds is 6. The molecule has 2 rings (SSSR count). The topological polar surface area (TPSA) is 62.6 Å². The molecule has 2 aromatic rings. The van der Waals surface area contributed by atoms with Gasteiger partial charge < -0.3 is 18.8 Å². The minimum Gasteiger partial charge on any atom is -0.493 e. The van der Waals surface area contributed by atoms with E-state index in [-0.39, 0.29) is 11.1 Å². The van der Waals surface area contributed by atoms with Crippen molar-refractivity contribution in [3.8, 4) is 17.2 Å². The van der Waals surface area contributed by atoms with Gasteiger partial charge in [-0.1, -0.05) is 0 Å². The first-order valence-corrected chi connectivity index (χ1v) is 7.09. The molecule has 1 heterocycles. The van der Waals surface area contributed by atoms with Crippen molar-refractivity contribution in [1.29, 1.82) is 0 Å². The zero-order valence-electron chi connectivity index (χ0n) is 13.3. The van der Waals surface area contributed by atoms with E-state index in [1.54, 1.807) is 32.4 Å². The second kappa shape index (κ2) is 7.19. The standard InChI is InChI=1S/C16H17ClN2O4/c1-19-11(9-18-16(19)17)12(20)7-5-10-6-8-13(21-2)15(23-4)14(10)22-3/h5-9H,1-4H3. The maximum absolute atomic E-state index is 12.2. The smallest absolute Gasteiger partial charge is 0.203 e. The molecule has 0 bridgehead atoms. The number of carbonyl (C=O) groups excluding carboxylic acids is 1. The minimum atomic E-state index is -0.219. The molecule has 0 aliphatic rings. The van der Waals surface area contributed by atoms with Gasteiger partial charge in [-0.3, -0.25) is 4.79 Å². The first-order chi connectivity index (χ1) is 11.0. The number of imidazole rings is 1. The lowest BCUT2D eigenvalue weighted by Crippen LogP contribution is -2.03. The molecule has 0 N–H and O–H groups in total. The lowest BCUT2D eigenvalue weighted by molar-refractivity contribution is 0.104. The van der Waals surface area contributed by atoms with Crippen molar-refractivity contribution < 1.29 is 19.0 Å². The third kappa shape index (κ3) is 3.32. The summed E-state index contributed by atoms with van der Waals surface area (Å²) in [5.74, 6) is 1.28. The van der Waals surface area contributed by atoms with Crippen LogP contribution in [0.5, 0.6) is 17.2 Å². The Morgan fingerprint density at radius 1 is 1.17 bits per heavy atom. The van der Waals surface area contributed by atoms with E-state index in [0.29, 0.717) is 28.5 Å². The molecule has 0 unspecified atom stereocenters. The number of aromatic nitrogens is 2. The average molecular weight is 337 g/mol. The van der Waals surface area contributed by atoms with Crippen LogP contribution in [0.25, 0.3) is 6.08 Å². The molecule has 0 spiro atoms. The van der Waals surface area contributed by atoms with E-state index in [2.05, 4.69) is 4.98 Å². The molecule has 1 aromatic carbocycles. The van der Waals surface area contributed by atoms with Crippen LogP contribution >= 0.6 is 11.6 Å². The molecule has 0 saturated heterocycles. The quantitative estimate of drug-likeness (QED) is 0.599. The number of allylic oxidation sites excluding steroid dienone is 1. The summed E-state index contributed by atoms with van der Waals surface area (Å²) in [6.45, 7) is 0. The zero-order chi connectivity index (χ0) is 17.0. The van der Waals surface area contributed by atoms with Gasteiger partial charge >= 0.3 is 0 Å². The second-order valence-corrected chi connectivity index (χ2v) is 4.93. The third-order valence-electron chi connectivity index (χ3n) is 3.33. The average Bonchev–Trinajstić information content (AvgIpc) is 2.90. The second-order valence-electron chi connectivity index (χ2n) is 4.59. The summed E-state index contributed by atoms with van der Waals surface area (Å²) in [6, 6.07) is 3.52. The summed E-state index contributed by atoms with van der Waals surface area (Å²) < 4.78 is 17.4. The number of hydrogen-bond acceptors (Lipinski definition) is 5. The largest absolute Gasteiger partial charge is 0.493 e. The lowest BCUT2D eigenvalue weighted by atomic mass is 10.1. The SMILES string of the molecule is COc1ccc(C=CC(=O)c2cnc(Cl)n2C)c(OC)c1OC. The van der Waals surface area contributed by atoms with Gasteiger partial charge in [-0.2, -0.15) is 0 Å². The number of methoxy groups -OCH3 is 3. The summed E-state index contributed by atoms with van der Waals surface area (Å²) in [6.07, 6.45) is 4.50. The van der Waals surface area contributed by atoms with Crippen LogP contribution in [0, 0.1) is 0 Å². The zero-order valence-corrected chi connectivity index (χ0v) is 14.0. The normalized spacial score (nSPS) is 10.8. The van der Waals surface area contributed by atoms with Crippen molar-refractivity contribution in [2.75, 3.05) is 21.3 Å². The van der Waals surface area contributed by atoms with Gasteiger partial charge in [0.25, 0.3) is 0 Å². The van der Waals surface area contributed by atoms with E-state index >= 15 is 0 Å². The highest BCUT2D eigenvalue weighted by Crippen LogP contribution is 2.40. The highest BCUT2D eigenvalue weighted by atomic mass is 35.5. The van der Waals surface area contributed by atoms with Crippen LogP contribution in [-0.2, 0) is 7.05 Å². The monoisotopic (exact) mass is 336 g/mol. The van der Waals surface area contributed by atoms with E-state index in [1.165, 1.54) is 31.1 Å². The van der Waals surface area contributed by atoms with Gasteiger partial charge in [-0.25, -0.2) is 4.98 Å². The molecule has 0 aliphatic heterocycles. The molecule has 23 heavy (non-hydrogen) atoms. The molecule has 0 saturated carbocycles. The molecule has 0 radical (unpaired) electrons. The fourth-order valence-electron chi connectivity index (χ4n) is 2.12. The van der Waals surface area contributed by atoms with Crippen LogP contribution in [-0.4, -0.2) is 36.7 Å². The van der Waals surface area contributed by atoms with Crippen LogP contribution in [0.3, 0.4) is 0 Å². The molecule has 7 heteroatoms. The van der Waals surface area contributed by atoms with Crippen LogP contribution < -0.4 is 14.2 Å². The predicted octanol–water partition coefficient (Wildman–Crippen LogP) is 3.00.